The van der Waals surface area contributed by atoms with Crippen LogP contribution < -0.4 is 0 Å². The first kappa shape index (κ1) is 5.41. The number of aliphatic hydroxyl groups excluding tert-OH is 1. The van der Waals surface area contributed by atoms with E-state index in [1.807, 2.05) is 6.08 Å². The van der Waals surface area contributed by atoms with Gasteiger partial charge in [-0.1, -0.05) is 0 Å². The first-order chi connectivity index (χ1) is 4.86. The zero-order chi connectivity index (χ0) is 6.97. The summed E-state index contributed by atoms with van der Waals surface area (Å²) in [5, 5.41) is 8.97. The molecule has 0 saturated carbocycles. The Bertz CT molecular complexity index is 284. The molecule has 0 aromatic carbocycles. The van der Waals surface area contributed by atoms with Gasteiger partial charge in [-0.15, -0.1) is 0 Å². The third-order valence-corrected chi connectivity index (χ3v) is 1.50. The average Bonchev–Trinajstić information content (AvgIpc) is 2.33. The van der Waals surface area contributed by atoms with E-state index in [0.717, 1.165) is 11.3 Å². The van der Waals surface area contributed by atoms with Gasteiger partial charge in [-0.3, -0.25) is 4.99 Å². The monoisotopic (exact) mass is 134 g/mol. The molecule has 0 radical (unpaired) electrons. The quantitative estimate of drug-likeness (QED) is 0.531. The minimum Gasteiger partial charge on any atom is -0.496 e. The number of aliphatic imine (C=N–C) groups is 2. The Morgan fingerprint density at radius 1 is 1.50 bits per heavy atom. The van der Waals surface area contributed by atoms with Gasteiger partial charge in [-0.05, 0) is 11.6 Å². The first-order valence-corrected chi connectivity index (χ1v) is 3.06. The summed E-state index contributed by atoms with van der Waals surface area (Å²) < 4.78 is 0. The van der Waals surface area contributed by atoms with Crippen LogP contribution in [-0.4, -0.2) is 17.2 Å². The molecule has 0 saturated heterocycles. The lowest BCUT2D eigenvalue weighted by Crippen LogP contribution is -2.02. The molecule has 0 aromatic rings. The van der Waals surface area contributed by atoms with E-state index < -0.39 is 0 Å². The normalized spacial score (nSPS) is 21.4. The van der Waals surface area contributed by atoms with Gasteiger partial charge in [0.05, 0.1) is 18.3 Å². The van der Waals surface area contributed by atoms with Gasteiger partial charge in [-0.2, -0.15) is 0 Å². The molecule has 2 rings (SSSR count). The lowest BCUT2D eigenvalue weighted by molar-refractivity contribution is 0.536. The molecule has 2 aliphatic rings. The second-order valence-electron chi connectivity index (χ2n) is 2.21. The van der Waals surface area contributed by atoms with Crippen LogP contribution in [0.5, 0.6) is 0 Å². The molecule has 0 bridgehead atoms. The number of nitrogens with zero attached hydrogens (tertiary/aromatic N) is 2. The van der Waals surface area contributed by atoms with Crippen LogP contribution in [0.3, 0.4) is 0 Å². The molecule has 2 heterocycles. The zero-order valence-corrected chi connectivity index (χ0v) is 5.28. The molecule has 0 amide bonds. The smallest absolute Gasteiger partial charge is 0.190 e. The van der Waals surface area contributed by atoms with Crippen molar-refractivity contribution in [2.24, 2.45) is 9.98 Å². The van der Waals surface area contributed by atoms with Crippen molar-refractivity contribution in [3.05, 3.63) is 23.5 Å². The minimum atomic E-state index is 0.167. The van der Waals surface area contributed by atoms with E-state index in [9.17, 15) is 0 Å². The largest absolute Gasteiger partial charge is 0.496 e. The third kappa shape index (κ3) is 0.673. The SMILES string of the molecule is OC1=NC=C2N=CC=C2C1. The number of hydrogen-bond donors (Lipinski definition) is 1. The Morgan fingerprint density at radius 2 is 2.40 bits per heavy atom. The van der Waals surface area contributed by atoms with Gasteiger partial charge in [0.15, 0.2) is 5.90 Å². The van der Waals surface area contributed by atoms with E-state index in [-0.39, 0.29) is 5.90 Å². The fourth-order valence-electron chi connectivity index (χ4n) is 0.993. The van der Waals surface area contributed by atoms with Crippen LogP contribution in [0.1, 0.15) is 6.42 Å². The highest BCUT2D eigenvalue weighted by Gasteiger charge is 2.13. The Balaban J connectivity index is 2.42. The molecule has 2 aliphatic heterocycles. The lowest BCUT2D eigenvalue weighted by Gasteiger charge is -2.05. The fraction of sp³-hybridized carbons (Fsp3) is 0.143. The second kappa shape index (κ2) is 1.80. The Kier molecular flexibility index (Phi) is 0.974. The van der Waals surface area contributed by atoms with E-state index in [1.165, 1.54) is 0 Å². The minimum absolute atomic E-state index is 0.167. The maximum absolute atomic E-state index is 8.97. The summed E-state index contributed by atoms with van der Waals surface area (Å²) in [6, 6.07) is 0. The molecule has 0 unspecified atom stereocenters. The van der Waals surface area contributed by atoms with Crippen LogP contribution in [0.2, 0.25) is 0 Å². The van der Waals surface area contributed by atoms with E-state index in [0.29, 0.717) is 6.42 Å². The molecule has 0 aliphatic carbocycles. The predicted octanol–water partition coefficient (Wildman–Crippen LogP) is 1.20. The van der Waals surface area contributed by atoms with Crippen molar-refractivity contribution in [2.45, 2.75) is 6.42 Å². The summed E-state index contributed by atoms with van der Waals surface area (Å²) >= 11 is 0. The molecule has 3 heteroatoms. The standard InChI is InChI=1S/C7H6N2O/c10-7-3-5-1-2-8-6(5)4-9-7/h1-2,4H,3H2,(H,9,10). The summed E-state index contributed by atoms with van der Waals surface area (Å²) in [5.74, 6) is 0.167. The maximum Gasteiger partial charge on any atom is 0.190 e. The van der Waals surface area contributed by atoms with E-state index in [4.69, 9.17) is 5.11 Å². The first-order valence-electron chi connectivity index (χ1n) is 3.06. The number of aliphatic hydroxyl groups is 1. The van der Waals surface area contributed by atoms with Crippen LogP contribution in [-0.2, 0) is 0 Å². The topological polar surface area (TPSA) is 45.0 Å². The van der Waals surface area contributed by atoms with Gasteiger partial charge in [0, 0.05) is 6.21 Å². The Morgan fingerprint density at radius 3 is 3.30 bits per heavy atom. The van der Waals surface area contributed by atoms with Crippen molar-refractivity contribution >= 4 is 12.1 Å². The van der Waals surface area contributed by atoms with Crippen LogP contribution in [0.4, 0.5) is 0 Å². The Hall–Kier alpha value is -1.38. The zero-order valence-electron chi connectivity index (χ0n) is 5.28. The third-order valence-electron chi connectivity index (χ3n) is 1.50. The highest BCUT2D eigenvalue weighted by Crippen LogP contribution is 2.22. The summed E-state index contributed by atoms with van der Waals surface area (Å²) in [6.45, 7) is 0. The number of fused-ring (bicyclic) bond motifs is 1. The number of allylic oxidation sites excluding steroid dienone is 2. The molecule has 50 valence electrons. The van der Waals surface area contributed by atoms with Crippen molar-refractivity contribution in [3.63, 3.8) is 0 Å². The molecular weight excluding hydrogens is 128 g/mol. The van der Waals surface area contributed by atoms with E-state index >= 15 is 0 Å². The van der Waals surface area contributed by atoms with Crippen molar-refractivity contribution in [3.8, 4) is 0 Å². The van der Waals surface area contributed by atoms with Gasteiger partial charge in [0.25, 0.3) is 0 Å². The van der Waals surface area contributed by atoms with Crippen molar-refractivity contribution in [1.82, 2.24) is 0 Å². The summed E-state index contributed by atoms with van der Waals surface area (Å²) in [6.07, 6.45) is 5.70. The molecule has 3 nitrogen and oxygen atoms in total. The molecule has 10 heavy (non-hydrogen) atoms. The van der Waals surface area contributed by atoms with Gasteiger partial charge < -0.3 is 5.11 Å². The summed E-state index contributed by atoms with van der Waals surface area (Å²) in [4.78, 5) is 7.75. The van der Waals surface area contributed by atoms with Crippen LogP contribution in [0, 0.1) is 0 Å². The Labute approximate surface area is 58.1 Å². The van der Waals surface area contributed by atoms with E-state index in [1.54, 1.807) is 12.4 Å². The van der Waals surface area contributed by atoms with Crippen LogP contribution >= 0.6 is 0 Å². The number of rotatable bonds is 0. The maximum atomic E-state index is 8.97. The van der Waals surface area contributed by atoms with Crippen LogP contribution in [0.25, 0.3) is 0 Å². The summed E-state index contributed by atoms with van der Waals surface area (Å²) in [7, 11) is 0. The molecule has 1 N–H and O–H groups in total. The molecule has 0 aromatic heterocycles. The highest BCUT2D eigenvalue weighted by atomic mass is 16.3. The van der Waals surface area contributed by atoms with Gasteiger partial charge in [-0.25, -0.2) is 4.99 Å². The molecule has 0 spiro atoms. The average molecular weight is 134 g/mol. The van der Waals surface area contributed by atoms with Crippen molar-refractivity contribution in [1.29, 1.82) is 0 Å². The van der Waals surface area contributed by atoms with E-state index in [2.05, 4.69) is 9.98 Å². The predicted molar refractivity (Wildman–Crippen MR) is 39.3 cm³/mol. The summed E-state index contributed by atoms with van der Waals surface area (Å²) in [5.41, 5.74) is 1.92. The fourth-order valence-corrected chi connectivity index (χ4v) is 0.993. The molecule has 0 atom stereocenters. The van der Waals surface area contributed by atoms with Gasteiger partial charge in [0.2, 0.25) is 0 Å². The highest BCUT2D eigenvalue weighted by molar-refractivity contribution is 5.87. The molecular formula is C7H6N2O. The van der Waals surface area contributed by atoms with Crippen molar-refractivity contribution in [2.75, 3.05) is 0 Å². The second-order valence-corrected chi connectivity index (χ2v) is 2.21. The molecule has 0 fully saturated rings. The van der Waals surface area contributed by atoms with Gasteiger partial charge >= 0.3 is 0 Å². The van der Waals surface area contributed by atoms with Crippen LogP contribution in [0.15, 0.2) is 33.5 Å². The number of hydrogen-bond acceptors (Lipinski definition) is 2. The van der Waals surface area contributed by atoms with Crippen molar-refractivity contribution < 1.29 is 5.11 Å². The lowest BCUT2D eigenvalue weighted by atomic mass is 10.1. The van der Waals surface area contributed by atoms with Gasteiger partial charge in [0.1, 0.15) is 0 Å².